The number of nitriles is 1. The van der Waals surface area contributed by atoms with Crippen molar-refractivity contribution in [2.45, 2.75) is 24.1 Å². The number of hydrogen-bond acceptors (Lipinski definition) is 5. The SMILES string of the molecule is Cc1cc(S[C@@H](C)C(=O)N2CCOCC2)n2c(nc3ccccc32)c1C#N. The summed E-state index contributed by atoms with van der Waals surface area (Å²) in [5, 5.41) is 10.3. The highest BCUT2D eigenvalue weighted by atomic mass is 32.2. The molecule has 0 saturated carbocycles. The van der Waals surface area contributed by atoms with Crippen molar-refractivity contribution in [2.24, 2.45) is 0 Å². The summed E-state index contributed by atoms with van der Waals surface area (Å²) in [6, 6.07) is 12.1. The summed E-state index contributed by atoms with van der Waals surface area (Å²) in [4.78, 5) is 19.3. The lowest BCUT2D eigenvalue weighted by Crippen LogP contribution is -2.44. The quantitative estimate of drug-likeness (QED) is 0.653. The molecule has 0 bridgehead atoms. The number of carbonyl (C=O) groups is 1. The zero-order valence-electron chi connectivity index (χ0n) is 15.3. The van der Waals surface area contributed by atoms with Crippen LogP contribution in [0.25, 0.3) is 16.7 Å². The number of morpholine rings is 1. The number of nitrogens with zero attached hydrogens (tertiary/aromatic N) is 4. The van der Waals surface area contributed by atoms with Crippen LogP contribution in [0.2, 0.25) is 0 Å². The number of hydrogen-bond donors (Lipinski definition) is 0. The molecule has 7 heteroatoms. The van der Waals surface area contributed by atoms with Gasteiger partial charge in [0.15, 0.2) is 5.65 Å². The number of carbonyl (C=O) groups excluding carboxylic acids is 1. The fourth-order valence-electron chi connectivity index (χ4n) is 3.41. The number of fused-ring (bicyclic) bond motifs is 3. The molecule has 2 aromatic heterocycles. The molecule has 1 amide bonds. The molecule has 1 saturated heterocycles. The van der Waals surface area contributed by atoms with Gasteiger partial charge in [0.2, 0.25) is 5.91 Å². The molecule has 27 heavy (non-hydrogen) atoms. The van der Waals surface area contributed by atoms with Gasteiger partial charge >= 0.3 is 0 Å². The van der Waals surface area contributed by atoms with E-state index in [2.05, 4.69) is 11.1 Å². The van der Waals surface area contributed by atoms with Gasteiger partial charge in [0, 0.05) is 13.1 Å². The predicted octanol–water partition coefficient (Wildman–Crippen LogP) is 3.01. The molecule has 6 nitrogen and oxygen atoms in total. The summed E-state index contributed by atoms with van der Waals surface area (Å²) < 4.78 is 7.34. The number of aromatic nitrogens is 2. The van der Waals surface area contributed by atoms with Crippen molar-refractivity contribution in [1.29, 1.82) is 5.26 Å². The number of para-hydroxylation sites is 2. The van der Waals surface area contributed by atoms with E-state index in [1.165, 1.54) is 11.8 Å². The van der Waals surface area contributed by atoms with Gasteiger partial charge in [0.05, 0.1) is 40.1 Å². The van der Waals surface area contributed by atoms with Gasteiger partial charge in [-0.05, 0) is 37.6 Å². The first-order chi connectivity index (χ1) is 13.1. The van der Waals surface area contributed by atoms with E-state index >= 15 is 0 Å². The number of thioether (sulfide) groups is 1. The van der Waals surface area contributed by atoms with Crippen molar-refractivity contribution in [1.82, 2.24) is 14.3 Å². The van der Waals surface area contributed by atoms with Crippen LogP contribution >= 0.6 is 11.8 Å². The fraction of sp³-hybridized carbons (Fsp3) is 0.350. The zero-order chi connectivity index (χ0) is 19.0. The smallest absolute Gasteiger partial charge is 0.235 e. The Labute approximate surface area is 161 Å². The standard InChI is InChI=1S/C20H20N4O2S/c1-13-11-18(27-14(2)20(25)23-7-9-26-10-8-23)24-17-6-4-3-5-16(17)22-19(24)15(13)12-21/h3-6,11,14H,7-10H2,1-2H3/t14-/m0/s1. The van der Waals surface area contributed by atoms with E-state index in [1.807, 2.05) is 53.5 Å². The summed E-state index contributed by atoms with van der Waals surface area (Å²) in [5.41, 5.74) is 3.87. The highest BCUT2D eigenvalue weighted by Gasteiger charge is 2.25. The maximum absolute atomic E-state index is 12.8. The lowest BCUT2D eigenvalue weighted by atomic mass is 10.2. The van der Waals surface area contributed by atoms with E-state index in [1.54, 1.807) is 0 Å². The van der Waals surface area contributed by atoms with Crippen LogP contribution in [0.3, 0.4) is 0 Å². The lowest BCUT2D eigenvalue weighted by Gasteiger charge is -2.29. The second kappa shape index (κ2) is 7.22. The van der Waals surface area contributed by atoms with Crippen molar-refractivity contribution in [2.75, 3.05) is 26.3 Å². The molecule has 3 aromatic rings. The average molecular weight is 380 g/mol. The monoisotopic (exact) mass is 380 g/mol. The summed E-state index contributed by atoms with van der Waals surface area (Å²) in [6.45, 7) is 6.31. The molecule has 1 aliphatic heterocycles. The fourth-order valence-corrected chi connectivity index (χ4v) is 4.56. The number of pyridine rings is 1. The molecule has 0 aliphatic carbocycles. The van der Waals surface area contributed by atoms with E-state index in [0.29, 0.717) is 37.5 Å². The van der Waals surface area contributed by atoms with E-state index in [9.17, 15) is 10.1 Å². The Morgan fingerprint density at radius 2 is 2.07 bits per heavy atom. The molecule has 0 radical (unpaired) electrons. The minimum Gasteiger partial charge on any atom is -0.378 e. The van der Waals surface area contributed by atoms with E-state index in [4.69, 9.17) is 4.74 Å². The number of imidazole rings is 1. The highest BCUT2D eigenvalue weighted by molar-refractivity contribution is 8.00. The van der Waals surface area contributed by atoms with Crippen LogP contribution in [0.5, 0.6) is 0 Å². The molecule has 138 valence electrons. The first-order valence-electron chi connectivity index (χ1n) is 8.94. The van der Waals surface area contributed by atoms with Crippen molar-refractivity contribution < 1.29 is 9.53 Å². The largest absolute Gasteiger partial charge is 0.378 e. The van der Waals surface area contributed by atoms with E-state index in [-0.39, 0.29) is 11.2 Å². The normalized spacial score (nSPS) is 15.8. The summed E-state index contributed by atoms with van der Waals surface area (Å²) in [5.74, 6) is 0.114. The number of rotatable bonds is 3. The Bertz CT molecular complexity index is 1060. The summed E-state index contributed by atoms with van der Waals surface area (Å²) in [7, 11) is 0. The van der Waals surface area contributed by atoms with Crippen LogP contribution in [-0.2, 0) is 9.53 Å². The Morgan fingerprint density at radius 3 is 2.81 bits per heavy atom. The van der Waals surface area contributed by atoms with Gasteiger partial charge in [-0.15, -0.1) is 0 Å². The van der Waals surface area contributed by atoms with Crippen molar-refractivity contribution in [3.05, 3.63) is 41.5 Å². The Kier molecular flexibility index (Phi) is 4.77. The molecule has 1 fully saturated rings. The topological polar surface area (TPSA) is 70.6 Å². The van der Waals surface area contributed by atoms with Crippen molar-refractivity contribution in [3.8, 4) is 6.07 Å². The molecule has 1 aromatic carbocycles. The van der Waals surface area contributed by atoms with Crippen LogP contribution in [0, 0.1) is 18.3 Å². The minimum absolute atomic E-state index is 0.114. The van der Waals surface area contributed by atoms with Gasteiger partial charge in [0.25, 0.3) is 0 Å². The predicted molar refractivity (Wildman–Crippen MR) is 105 cm³/mol. The maximum Gasteiger partial charge on any atom is 0.235 e. The molecule has 3 heterocycles. The van der Waals surface area contributed by atoms with Gasteiger partial charge in [-0.3, -0.25) is 9.20 Å². The summed E-state index contributed by atoms with van der Waals surface area (Å²) >= 11 is 1.51. The molecule has 0 N–H and O–H groups in total. The Balaban J connectivity index is 1.77. The van der Waals surface area contributed by atoms with Crippen molar-refractivity contribution in [3.63, 3.8) is 0 Å². The van der Waals surface area contributed by atoms with Crippen LogP contribution in [-0.4, -0.2) is 51.7 Å². The van der Waals surface area contributed by atoms with Crippen LogP contribution in [0.1, 0.15) is 18.1 Å². The molecule has 0 spiro atoms. The number of benzene rings is 1. The molecular formula is C20H20N4O2S. The van der Waals surface area contributed by atoms with E-state index < -0.39 is 0 Å². The van der Waals surface area contributed by atoms with Crippen LogP contribution < -0.4 is 0 Å². The number of aryl methyl sites for hydroxylation is 1. The third-order valence-corrected chi connectivity index (χ3v) is 5.92. The van der Waals surface area contributed by atoms with Crippen molar-refractivity contribution >= 4 is 34.3 Å². The maximum atomic E-state index is 12.8. The second-order valence-electron chi connectivity index (χ2n) is 6.61. The van der Waals surface area contributed by atoms with Crippen LogP contribution in [0.15, 0.2) is 35.4 Å². The molecule has 0 unspecified atom stereocenters. The third-order valence-electron chi connectivity index (χ3n) is 4.82. The van der Waals surface area contributed by atoms with Gasteiger partial charge < -0.3 is 9.64 Å². The molecule has 4 rings (SSSR count). The first kappa shape index (κ1) is 17.8. The zero-order valence-corrected chi connectivity index (χ0v) is 16.1. The first-order valence-corrected chi connectivity index (χ1v) is 9.82. The molecule has 1 atom stereocenters. The second-order valence-corrected chi connectivity index (χ2v) is 7.97. The van der Waals surface area contributed by atoms with Gasteiger partial charge in [-0.1, -0.05) is 23.9 Å². The van der Waals surface area contributed by atoms with Gasteiger partial charge in [-0.2, -0.15) is 5.26 Å². The summed E-state index contributed by atoms with van der Waals surface area (Å²) in [6.07, 6.45) is 0. The lowest BCUT2D eigenvalue weighted by molar-refractivity contribution is -0.134. The molecular weight excluding hydrogens is 360 g/mol. The Morgan fingerprint density at radius 1 is 1.33 bits per heavy atom. The Hall–Kier alpha value is -2.56. The average Bonchev–Trinajstić information content (AvgIpc) is 3.07. The van der Waals surface area contributed by atoms with Crippen LogP contribution in [0.4, 0.5) is 0 Å². The minimum atomic E-state index is -0.236. The van der Waals surface area contributed by atoms with Gasteiger partial charge in [0.1, 0.15) is 6.07 Å². The highest BCUT2D eigenvalue weighted by Crippen LogP contribution is 2.32. The number of amides is 1. The van der Waals surface area contributed by atoms with E-state index in [0.717, 1.165) is 21.6 Å². The number of ether oxygens (including phenoxy) is 1. The third kappa shape index (κ3) is 3.15. The van der Waals surface area contributed by atoms with Gasteiger partial charge in [-0.25, -0.2) is 4.98 Å². The molecule has 1 aliphatic rings.